The van der Waals surface area contributed by atoms with Crippen LogP contribution in [0.4, 0.5) is 11.4 Å². The van der Waals surface area contributed by atoms with Crippen molar-refractivity contribution in [3.8, 4) is 0 Å². The summed E-state index contributed by atoms with van der Waals surface area (Å²) in [5.41, 5.74) is 8.48. The Balaban J connectivity index is 2.38. The van der Waals surface area contributed by atoms with Crippen molar-refractivity contribution in [2.45, 2.75) is 18.7 Å². The molecule has 0 saturated heterocycles. The summed E-state index contributed by atoms with van der Waals surface area (Å²) in [6.07, 6.45) is 0. The van der Waals surface area contributed by atoms with E-state index in [0.717, 1.165) is 11.1 Å². The van der Waals surface area contributed by atoms with Crippen LogP contribution in [0.3, 0.4) is 0 Å². The zero-order valence-corrected chi connectivity index (χ0v) is 12.7. The third kappa shape index (κ3) is 3.05. The van der Waals surface area contributed by atoms with E-state index in [-0.39, 0.29) is 9.92 Å². The molecule has 0 unspecified atom stereocenters. The van der Waals surface area contributed by atoms with Gasteiger partial charge in [0, 0.05) is 11.4 Å². The maximum atomic E-state index is 12.3. The highest BCUT2D eigenvalue weighted by Crippen LogP contribution is 2.25. The third-order valence-corrected chi connectivity index (χ3v) is 4.76. The lowest BCUT2D eigenvalue weighted by Gasteiger charge is -2.11. The fraction of sp³-hybridized carbons (Fsp3) is 0.143. The number of nitrogens with one attached hydrogen (secondary N) is 1. The molecule has 0 atom stereocenters. The number of nitrogens with two attached hydrogens (primary N) is 1. The van der Waals surface area contributed by atoms with Crippen LogP contribution in [0.25, 0.3) is 0 Å². The first-order chi connectivity index (χ1) is 9.29. The van der Waals surface area contributed by atoms with Crippen LogP contribution in [-0.4, -0.2) is 8.42 Å². The van der Waals surface area contributed by atoms with Gasteiger partial charge in [0.15, 0.2) is 0 Å². The minimum Gasteiger partial charge on any atom is -0.399 e. The maximum Gasteiger partial charge on any atom is 0.263 e. The predicted molar refractivity (Wildman–Crippen MR) is 82.6 cm³/mol. The highest BCUT2D eigenvalue weighted by atomic mass is 35.5. The number of hydrogen-bond donors (Lipinski definition) is 2. The molecule has 0 aliphatic carbocycles. The van der Waals surface area contributed by atoms with Crippen LogP contribution in [0.5, 0.6) is 0 Å². The number of sulfonamides is 1. The molecule has 0 amide bonds. The Morgan fingerprint density at radius 1 is 1.10 bits per heavy atom. The summed E-state index contributed by atoms with van der Waals surface area (Å²) in [7, 11) is -3.71. The summed E-state index contributed by atoms with van der Waals surface area (Å²) >= 11 is 6.00. The van der Waals surface area contributed by atoms with Gasteiger partial charge in [0.05, 0.1) is 5.02 Å². The molecule has 4 nitrogen and oxygen atoms in total. The topological polar surface area (TPSA) is 72.2 Å². The van der Waals surface area contributed by atoms with Crippen molar-refractivity contribution in [2.75, 3.05) is 10.5 Å². The molecule has 0 fully saturated rings. The standard InChI is InChI=1S/C14H15ClN2O2S/c1-9-3-6-14(12(15)7-9)20(18,19)17-11-4-5-13(16)10(2)8-11/h3-8,17H,16H2,1-2H3. The molecule has 2 aromatic rings. The molecule has 106 valence electrons. The Bertz CT molecular complexity index is 758. The highest BCUT2D eigenvalue weighted by molar-refractivity contribution is 7.92. The van der Waals surface area contributed by atoms with E-state index in [0.29, 0.717) is 11.4 Å². The van der Waals surface area contributed by atoms with Crippen molar-refractivity contribution < 1.29 is 8.42 Å². The van der Waals surface area contributed by atoms with E-state index in [1.54, 1.807) is 30.3 Å². The first kappa shape index (κ1) is 14.7. The fourth-order valence-electron chi connectivity index (χ4n) is 1.77. The molecular formula is C14H15ClN2O2S. The smallest absolute Gasteiger partial charge is 0.263 e. The van der Waals surface area contributed by atoms with Gasteiger partial charge in [-0.1, -0.05) is 17.7 Å². The molecule has 0 aliphatic rings. The second-order valence-electron chi connectivity index (χ2n) is 4.61. The quantitative estimate of drug-likeness (QED) is 0.854. The van der Waals surface area contributed by atoms with Gasteiger partial charge < -0.3 is 5.73 Å². The Morgan fingerprint density at radius 3 is 2.40 bits per heavy atom. The van der Waals surface area contributed by atoms with Crippen LogP contribution >= 0.6 is 11.6 Å². The van der Waals surface area contributed by atoms with Gasteiger partial charge >= 0.3 is 0 Å². The van der Waals surface area contributed by atoms with E-state index >= 15 is 0 Å². The van der Waals surface area contributed by atoms with Crippen molar-refractivity contribution in [2.24, 2.45) is 0 Å². The predicted octanol–water partition coefficient (Wildman–Crippen LogP) is 3.34. The van der Waals surface area contributed by atoms with Crippen LogP contribution in [-0.2, 0) is 10.0 Å². The van der Waals surface area contributed by atoms with Gasteiger partial charge in [-0.05, 0) is 55.3 Å². The molecule has 0 saturated carbocycles. The minimum absolute atomic E-state index is 0.0549. The Labute approximate surface area is 123 Å². The molecule has 0 aromatic heterocycles. The number of benzene rings is 2. The Morgan fingerprint density at radius 2 is 1.80 bits per heavy atom. The van der Waals surface area contributed by atoms with Gasteiger partial charge in [0.1, 0.15) is 4.90 Å². The molecule has 0 aliphatic heterocycles. The van der Waals surface area contributed by atoms with Gasteiger partial charge in [-0.3, -0.25) is 4.72 Å². The van der Waals surface area contributed by atoms with Crippen LogP contribution in [0.1, 0.15) is 11.1 Å². The first-order valence-electron chi connectivity index (χ1n) is 5.95. The lowest BCUT2D eigenvalue weighted by atomic mass is 10.2. The zero-order chi connectivity index (χ0) is 14.9. The van der Waals surface area contributed by atoms with Crippen molar-refractivity contribution in [3.05, 3.63) is 52.5 Å². The molecule has 0 heterocycles. The average Bonchev–Trinajstić information content (AvgIpc) is 2.33. The van der Waals surface area contributed by atoms with E-state index in [2.05, 4.69) is 4.72 Å². The van der Waals surface area contributed by atoms with E-state index in [4.69, 9.17) is 17.3 Å². The SMILES string of the molecule is Cc1ccc(S(=O)(=O)Nc2ccc(N)c(C)c2)c(Cl)c1. The lowest BCUT2D eigenvalue weighted by molar-refractivity contribution is 0.601. The van der Waals surface area contributed by atoms with Gasteiger partial charge in [-0.2, -0.15) is 0 Å². The number of aryl methyl sites for hydroxylation is 2. The molecule has 0 spiro atoms. The van der Waals surface area contributed by atoms with E-state index in [1.807, 2.05) is 13.8 Å². The molecule has 2 aromatic carbocycles. The number of nitrogen functional groups attached to an aromatic ring is 1. The Kier molecular flexibility index (Phi) is 3.92. The van der Waals surface area contributed by atoms with Crippen LogP contribution in [0.15, 0.2) is 41.3 Å². The summed E-state index contributed by atoms with van der Waals surface area (Å²) in [4.78, 5) is 0.0549. The lowest BCUT2D eigenvalue weighted by Crippen LogP contribution is -2.13. The van der Waals surface area contributed by atoms with Gasteiger partial charge in [-0.15, -0.1) is 0 Å². The van der Waals surface area contributed by atoms with Crippen LogP contribution in [0, 0.1) is 13.8 Å². The molecular weight excluding hydrogens is 296 g/mol. The normalized spacial score (nSPS) is 11.3. The van der Waals surface area contributed by atoms with Gasteiger partial charge in [0.2, 0.25) is 0 Å². The summed E-state index contributed by atoms with van der Waals surface area (Å²) in [5.74, 6) is 0. The largest absolute Gasteiger partial charge is 0.399 e. The first-order valence-corrected chi connectivity index (χ1v) is 7.81. The zero-order valence-electron chi connectivity index (χ0n) is 11.1. The van der Waals surface area contributed by atoms with E-state index in [9.17, 15) is 8.42 Å². The summed E-state index contributed by atoms with van der Waals surface area (Å²) in [5, 5.41) is 0.199. The minimum atomic E-state index is -3.71. The van der Waals surface area contributed by atoms with Crippen molar-refractivity contribution in [1.82, 2.24) is 0 Å². The summed E-state index contributed by atoms with van der Waals surface area (Å²) in [6.45, 7) is 3.66. The molecule has 20 heavy (non-hydrogen) atoms. The van der Waals surface area contributed by atoms with Crippen molar-refractivity contribution in [1.29, 1.82) is 0 Å². The fourth-order valence-corrected chi connectivity index (χ4v) is 3.42. The van der Waals surface area contributed by atoms with Crippen LogP contribution in [0.2, 0.25) is 5.02 Å². The summed E-state index contributed by atoms with van der Waals surface area (Å²) < 4.78 is 27.1. The number of halogens is 1. The number of rotatable bonds is 3. The monoisotopic (exact) mass is 310 g/mol. The highest BCUT2D eigenvalue weighted by Gasteiger charge is 2.18. The van der Waals surface area contributed by atoms with E-state index in [1.165, 1.54) is 6.07 Å². The second kappa shape index (κ2) is 5.34. The van der Waals surface area contributed by atoms with E-state index < -0.39 is 10.0 Å². The molecule has 0 bridgehead atoms. The number of anilines is 2. The molecule has 6 heteroatoms. The van der Waals surface area contributed by atoms with Gasteiger partial charge in [-0.25, -0.2) is 8.42 Å². The number of hydrogen-bond acceptors (Lipinski definition) is 3. The molecule has 2 rings (SSSR count). The summed E-state index contributed by atoms with van der Waals surface area (Å²) in [6, 6.07) is 9.75. The maximum absolute atomic E-state index is 12.3. The van der Waals surface area contributed by atoms with Crippen molar-refractivity contribution in [3.63, 3.8) is 0 Å². The Hall–Kier alpha value is -1.72. The van der Waals surface area contributed by atoms with Crippen molar-refractivity contribution >= 4 is 33.0 Å². The molecule has 3 N–H and O–H groups in total. The van der Waals surface area contributed by atoms with Crippen LogP contribution < -0.4 is 10.5 Å². The second-order valence-corrected chi connectivity index (χ2v) is 6.67. The average molecular weight is 311 g/mol. The third-order valence-electron chi connectivity index (χ3n) is 2.90. The van der Waals surface area contributed by atoms with Gasteiger partial charge in [0.25, 0.3) is 10.0 Å². The molecule has 0 radical (unpaired) electrons.